The third kappa shape index (κ3) is 8.38. The van der Waals surface area contributed by atoms with Gasteiger partial charge < -0.3 is 18.7 Å². The summed E-state index contributed by atoms with van der Waals surface area (Å²) in [5.41, 5.74) is 0. The summed E-state index contributed by atoms with van der Waals surface area (Å²) in [6.07, 6.45) is 14.1. The van der Waals surface area contributed by atoms with Gasteiger partial charge in [0, 0.05) is 12.8 Å². The molecule has 4 heteroatoms. The van der Waals surface area contributed by atoms with Crippen molar-refractivity contribution in [2.24, 2.45) is 0 Å². The Balaban J connectivity index is 1.50. The lowest BCUT2D eigenvalue weighted by Crippen LogP contribution is -2.48. The van der Waals surface area contributed by atoms with Crippen LogP contribution in [0.3, 0.4) is 0 Å². The molecule has 0 N–H and O–H groups in total. The average Bonchev–Trinajstić information content (AvgIpc) is 3.04. The van der Waals surface area contributed by atoms with E-state index < -0.39 is 0 Å². The maximum absolute atomic E-state index is 6.02. The third-order valence-corrected chi connectivity index (χ3v) is 5.88. The van der Waals surface area contributed by atoms with E-state index in [4.69, 9.17) is 14.2 Å². The predicted molar refractivity (Wildman–Crippen MR) is 102 cm³/mol. The zero-order chi connectivity index (χ0) is 18.0. The van der Waals surface area contributed by atoms with Crippen LogP contribution in [0.5, 0.6) is 0 Å². The Labute approximate surface area is 155 Å². The van der Waals surface area contributed by atoms with Crippen molar-refractivity contribution >= 4 is 0 Å². The lowest BCUT2D eigenvalue weighted by molar-refractivity contribution is -0.914. The molecule has 2 fully saturated rings. The fourth-order valence-electron chi connectivity index (χ4n) is 4.23. The normalized spacial score (nSPS) is 27.5. The molecule has 2 aliphatic rings. The minimum Gasteiger partial charge on any atom is -0.353 e. The van der Waals surface area contributed by atoms with Gasteiger partial charge in [-0.1, -0.05) is 32.6 Å². The molecule has 0 aromatic carbocycles. The molecule has 0 radical (unpaired) electrons. The zero-order valence-electron chi connectivity index (χ0n) is 17.0. The fourth-order valence-corrected chi connectivity index (χ4v) is 4.23. The van der Waals surface area contributed by atoms with E-state index in [0.717, 1.165) is 25.9 Å². The summed E-state index contributed by atoms with van der Waals surface area (Å²) in [6, 6.07) is 0. The topological polar surface area (TPSA) is 27.7 Å². The Bertz CT molecular complexity index is 344. The molecule has 0 aliphatic carbocycles. The molecule has 4 nitrogen and oxygen atoms in total. The number of quaternary nitrogens is 1. The molecule has 0 aromatic rings. The first kappa shape index (κ1) is 21.1. The van der Waals surface area contributed by atoms with Crippen molar-refractivity contribution in [1.29, 1.82) is 0 Å². The summed E-state index contributed by atoms with van der Waals surface area (Å²) in [4.78, 5) is 0. The van der Waals surface area contributed by atoms with Gasteiger partial charge in [-0.15, -0.1) is 0 Å². The van der Waals surface area contributed by atoms with Crippen molar-refractivity contribution in [3.05, 3.63) is 0 Å². The second kappa shape index (κ2) is 11.5. The minimum absolute atomic E-state index is 0.0576. The summed E-state index contributed by atoms with van der Waals surface area (Å²) in [7, 11) is 2.39. The van der Waals surface area contributed by atoms with Crippen LogP contribution in [0.25, 0.3) is 0 Å². The van der Waals surface area contributed by atoms with E-state index in [0.29, 0.717) is 6.10 Å². The van der Waals surface area contributed by atoms with Crippen LogP contribution in [0.15, 0.2) is 0 Å². The molecule has 3 atom stereocenters. The average molecular weight is 357 g/mol. The van der Waals surface area contributed by atoms with Gasteiger partial charge in [0.25, 0.3) is 0 Å². The van der Waals surface area contributed by atoms with Crippen LogP contribution in [0.4, 0.5) is 0 Å². The second-order valence-corrected chi connectivity index (χ2v) is 8.39. The number of unbranched alkanes of at least 4 members (excludes halogenated alkanes) is 3. The molecule has 0 aromatic heterocycles. The maximum atomic E-state index is 6.02. The quantitative estimate of drug-likeness (QED) is 0.284. The van der Waals surface area contributed by atoms with E-state index in [-0.39, 0.29) is 12.6 Å². The van der Waals surface area contributed by atoms with E-state index in [1.807, 2.05) is 6.92 Å². The Hall–Kier alpha value is -0.160. The van der Waals surface area contributed by atoms with Crippen molar-refractivity contribution in [3.63, 3.8) is 0 Å². The van der Waals surface area contributed by atoms with E-state index >= 15 is 0 Å². The van der Waals surface area contributed by atoms with Crippen molar-refractivity contribution in [3.8, 4) is 0 Å². The first-order valence-corrected chi connectivity index (χ1v) is 10.9. The molecule has 0 spiro atoms. The van der Waals surface area contributed by atoms with Crippen LogP contribution < -0.4 is 0 Å². The second-order valence-electron chi connectivity index (χ2n) is 8.39. The highest BCUT2D eigenvalue weighted by Gasteiger charge is 2.27. The number of nitrogens with zero attached hydrogens (tertiary/aromatic N) is 1. The summed E-state index contributed by atoms with van der Waals surface area (Å²) in [5.74, 6) is 0. The number of hydrogen-bond donors (Lipinski definition) is 0. The van der Waals surface area contributed by atoms with Gasteiger partial charge in [0.15, 0.2) is 12.6 Å². The molecule has 2 saturated heterocycles. The van der Waals surface area contributed by atoms with Gasteiger partial charge in [-0.3, -0.25) is 0 Å². The summed E-state index contributed by atoms with van der Waals surface area (Å²) in [5, 5.41) is 0. The highest BCUT2D eigenvalue weighted by atomic mass is 16.8. The highest BCUT2D eigenvalue weighted by molar-refractivity contribution is 4.68. The number of rotatable bonds is 12. The first-order valence-electron chi connectivity index (χ1n) is 10.9. The molecule has 3 unspecified atom stereocenters. The lowest BCUT2D eigenvalue weighted by atomic mass is 10.1. The number of ether oxygens (including phenoxy) is 3. The van der Waals surface area contributed by atoms with Crippen LogP contribution >= 0.6 is 0 Å². The molecule has 0 saturated carbocycles. The summed E-state index contributed by atoms with van der Waals surface area (Å²) >= 11 is 0. The molecule has 0 amide bonds. The smallest absolute Gasteiger partial charge is 0.161 e. The van der Waals surface area contributed by atoms with Gasteiger partial charge in [0.05, 0.1) is 39.4 Å². The number of likely N-dealkylation sites (tertiary alicyclic amines) is 1. The van der Waals surface area contributed by atoms with E-state index in [1.54, 1.807) is 0 Å². The van der Waals surface area contributed by atoms with Gasteiger partial charge >= 0.3 is 0 Å². The molecule has 2 aliphatic heterocycles. The van der Waals surface area contributed by atoms with Crippen LogP contribution in [-0.2, 0) is 14.2 Å². The van der Waals surface area contributed by atoms with Crippen molar-refractivity contribution in [2.45, 2.75) is 103 Å². The monoisotopic (exact) mass is 356 g/mol. The van der Waals surface area contributed by atoms with Crippen molar-refractivity contribution in [1.82, 2.24) is 0 Å². The van der Waals surface area contributed by atoms with Crippen LogP contribution in [0.2, 0.25) is 0 Å². The molecule has 2 rings (SSSR count). The molecule has 25 heavy (non-hydrogen) atoms. The van der Waals surface area contributed by atoms with E-state index in [2.05, 4.69) is 14.0 Å². The largest absolute Gasteiger partial charge is 0.353 e. The Kier molecular flexibility index (Phi) is 9.75. The van der Waals surface area contributed by atoms with E-state index in [9.17, 15) is 0 Å². The van der Waals surface area contributed by atoms with Gasteiger partial charge in [0.1, 0.15) is 0 Å². The Morgan fingerprint density at radius 1 is 1.04 bits per heavy atom. The maximum Gasteiger partial charge on any atom is 0.161 e. The molecular weight excluding hydrogens is 314 g/mol. The van der Waals surface area contributed by atoms with Crippen LogP contribution in [-0.4, -0.2) is 56.5 Å². The molecule has 148 valence electrons. The Morgan fingerprint density at radius 2 is 1.84 bits per heavy atom. The SMILES string of the molecule is CCCCCCC1CCC(OC(C)OCCC[N+]2(C)CCCCC2)O1. The van der Waals surface area contributed by atoms with Crippen LogP contribution in [0.1, 0.15) is 84.5 Å². The van der Waals surface area contributed by atoms with E-state index in [1.165, 1.54) is 75.5 Å². The summed E-state index contributed by atoms with van der Waals surface area (Å²) in [6.45, 7) is 8.96. The number of piperidine rings is 1. The fraction of sp³-hybridized carbons (Fsp3) is 1.00. The van der Waals surface area contributed by atoms with Crippen molar-refractivity contribution in [2.75, 3.05) is 33.3 Å². The van der Waals surface area contributed by atoms with Gasteiger partial charge in [-0.05, 0) is 39.0 Å². The van der Waals surface area contributed by atoms with Gasteiger partial charge in [-0.2, -0.15) is 0 Å². The third-order valence-electron chi connectivity index (χ3n) is 5.88. The Morgan fingerprint density at radius 3 is 2.60 bits per heavy atom. The molecule has 2 heterocycles. The standard InChI is InChI=1S/C21H42NO3/c1-4-5-6-8-12-20-13-14-21(25-20)24-19(2)23-18-11-17-22(3)15-9-7-10-16-22/h19-21H,4-18H2,1-3H3/q+1. The zero-order valence-corrected chi connectivity index (χ0v) is 17.0. The minimum atomic E-state index is -0.157. The molecular formula is C21H42NO3+. The van der Waals surface area contributed by atoms with Crippen molar-refractivity contribution < 1.29 is 18.7 Å². The van der Waals surface area contributed by atoms with Gasteiger partial charge in [0.2, 0.25) is 0 Å². The van der Waals surface area contributed by atoms with Crippen LogP contribution in [0, 0.1) is 0 Å². The number of hydrogen-bond acceptors (Lipinski definition) is 3. The first-order chi connectivity index (χ1) is 12.1. The highest BCUT2D eigenvalue weighted by Crippen LogP contribution is 2.26. The van der Waals surface area contributed by atoms with Gasteiger partial charge in [-0.25, -0.2) is 0 Å². The summed E-state index contributed by atoms with van der Waals surface area (Å²) < 4.78 is 19.1. The predicted octanol–water partition coefficient (Wildman–Crippen LogP) is 4.86. The molecule has 0 bridgehead atoms. The lowest BCUT2D eigenvalue weighted by Gasteiger charge is -2.37.